The van der Waals surface area contributed by atoms with Gasteiger partial charge in [0, 0.05) is 17.8 Å². The Morgan fingerprint density at radius 1 is 1.32 bits per heavy atom. The Morgan fingerprint density at radius 2 is 2.05 bits per heavy atom. The van der Waals surface area contributed by atoms with Crippen LogP contribution in [0.25, 0.3) is 11.1 Å². The minimum absolute atomic E-state index is 0.514. The van der Waals surface area contributed by atoms with Gasteiger partial charge in [-0.25, -0.2) is 4.98 Å². The van der Waals surface area contributed by atoms with E-state index in [1.54, 1.807) is 0 Å². The van der Waals surface area contributed by atoms with Crippen LogP contribution in [0.3, 0.4) is 0 Å². The van der Waals surface area contributed by atoms with Crippen molar-refractivity contribution in [1.29, 1.82) is 0 Å². The molecule has 0 aliphatic carbocycles. The van der Waals surface area contributed by atoms with Gasteiger partial charge in [0.2, 0.25) is 5.89 Å². The molecule has 0 fully saturated rings. The number of anilines is 1. The Balaban J connectivity index is 2.08. The molecule has 0 bridgehead atoms. The summed E-state index contributed by atoms with van der Waals surface area (Å²) in [6.45, 7) is 7.45. The lowest BCUT2D eigenvalue weighted by Crippen LogP contribution is -2.29. The maximum absolute atomic E-state index is 5.74. The lowest BCUT2D eigenvalue weighted by molar-refractivity contribution is 0.203. The molecule has 1 heterocycles. The summed E-state index contributed by atoms with van der Waals surface area (Å²) in [5.41, 5.74) is 8.08. The molecule has 0 radical (unpaired) electrons. The van der Waals surface area contributed by atoms with Crippen molar-refractivity contribution in [2.75, 3.05) is 12.8 Å². The Bertz CT molecular complexity index is 547. The zero-order valence-corrected chi connectivity index (χ0v) is 12.2. The summed E-state index contributed by atoms with van der Waals surface area (Å²) in [4.78, 5) is 6.76. The number of fused-ring (bicyclic) bond motifs is 1. The van der Waals surface area contributed by atoms with E-state index < -0.39 is 0 Å². The first-order valence-corrected chi connectivity index (χ1v) is 6.81. The Hall–Kier alpha value is -1.55. The van der Waals surface area contributed by atoms with Crippen molar-refractivity contribution in [3.8, 4) is 0 Å². The number of hydrogen-bond acceptors (Lipinski definition) is 4. The molecule has 2 N–H and O–H groups in total. The standard InChI is InChI=1S/C15H23N3O/c1-10(2)7-11(3)18(4)9-15-17-13-6-5-12(16)8-14(13)19-15/h5-6,8,10-11H,7,9,16H2,1-4H3. The smallest absolute Gasteiger partial charge is 0.209 e. The molecule has 1 aromatic heterocycles. The molecule has 4 nitrogen and oxygen atoms in total. The first-order chi connectivity index (χ1) is 8.95. The van der Waals surface area contributed by atoms with Gasteiger partial charge in [0.1, 0.15) is 5.52 Å². The van der Waals surface area contributed by atoms with Crippen molar-refractivity contribution >= 4 is 16.8 Å². The SMILES string of the molecule is CC(C)CC(C)N(C)Cc1nc2ccc(N)cc2o1. The Kier molecular flexibility index (Phi) is 4.10. The molecule has 1 aromatic carbocycles. The summed E-state index contributed by atoms with van der Waals surface area (Å²) in [5.74, 6) is 1.44. The first kappa shape index (κ1) is 13.9. The van der Waals surface area contributed by atoms with Crippen LogP contribution in [-0.2, 0) is 6.54 Å². The number of hydrogen-bond donors (Lipinski definition) is 1. The zero-order chi connectivity index (χ0) is 14.0. The second kappa shape index (κ2) is 5.61. The van der Waals surface area contributed by atoms with E-state index in [1.165, 1.54) is 6.42 Å². The predicted octanol–water partition coefficient (Wildman–Crippen LogP) is 3.28. The summed E-state index contributed by atoms with van der Waals surface area (Å²) in [6.07, 6.45) is 1.17. The third kappa shape index (κ3) is 3.47. The van der Waals surface area contributed by atoms with Crippen LogP contribution in [0.4, 0.5) is 5.69 Å². The Labute approximate surface area is 114 Å². The number of nitrogens with zero attached hydrogens (tertiary/aromatic N) is 2. The van der Waals surface area contributed by atoms with Gasteiger partial charge in [-0.1, -0.05) is 13.8 Å². The first-order valence-electron chi connectivity index (χ1n) is 6.81. The highest BCUT2D eigenvalue weighted by Gasteiger charge is 2.14. The summed E-state index contributed by atoms with van der Waals surface area (Å²) >= 11 is 0. The molecule has 0 amide bonds. The number of aromatic nitrogens is 1. The number of oxazole rings is 1. The number of nitrogens with two attached hydrogens (primary N) is 1. The van der Waals surface area contributed by atoms with Crippen LogP contribution in [0, 0.1) is 5.92 Å². The highest BCUT2D eigenvalue weighted by Crippen LogP contribution is 2.20. The third-order valence-corrected chi connectivity index (χ3v) is 3.41. The van der Waals surface area contributed by atoms with Crippen LogP contribution in [0.2, 0.25) is 0 Å². The van der Waals surface area contributed by atoms with E-state index in [2.05, 4.69) is 37.7 Å². The molecular formula is C15H23N3O. The van der Waals surface area contributed by atoms with Gasteiger partial charge in [-0.05, 0) is 38.4 Å². The van der Waals surface area contributed by atoms with Gasteiger partial charge < -0.3 is 10.2 Å². The normalized spacial score (nSPS) is 13.6. The molecule has 19 heavy (non-hydrogen) atoms. The van der Waals surface area contributed by atoms with E-state index in [9.17, 15) is 0 Å². The van der Waals surface area contributed by atoms with Gasteiger partial charge in [0.15, 0.2) is 5.58 Å². The van der Waals surface area contributed by atoms with Gasteiger partial charge in [-0.2, -0.15) is 0 Å². The highest BCUT2D eigenvalue weighted by molar-refractivity contribution is 5.76. The van der Waals surface area contributed by atoms with Crippen molar-refractivity contribution in [2.45, 2.75) is 39.8 Å². The highest BCUT2D eigenvalue weighted by atomic mass is 16.3. The van der Waals surface area contributed by atoms with Gasteiger partial charge in [-0.3, -0.25) is 4.90 Å². The fourth-order valence-electron chi connectivity index (χ4n) is 2.29. The number of nitrogen functional groups attached to an aromatic ring is 1. The van der Waals surface area contributed by atoms with E-state index in [-0.39, 0.29) is 0 Å². The molecule has 0 aliphatic rings. The van der Waals surface area contributed by atoms with Crippen LogP contribution >= 0.6 is 0 Å². The van der Waals surface area contributed by atoms with Gasteiger partial charge in [0.25, 0.3) is 0 Å². The molecule has 4 heteroatoms. The predicted molar refractivity (Wildman–Crippen MR) is 78.8 cm³/mol. The molecule has 0 saturated carbocycles. The van der Waals surface area contributed by atoms with Gasteiger partial charge >= 0.3 is 0 Å². The van der Waals surface area contributed by atoms with Crippen molar-refractivity contribution < 1.29 is 4.42 Å². The lowest BCUT2D eigenvalue weighted by atomic mass is 10.0. The van der Waals surface area contributed by atoms with Crippen molar-refractivity contribution in [1.82, 2.24) is 9.88 Å². The van der Waals surface area contributed by atoms with Crippen LogP contribution in [0.1, 0.15) is 33.1 Å². The lowest BCUT2D eigenvalue weighted by Gasteiger charge is -2.24. The molecule has 2 rings (SSSR count). The number of benzene rings is 1. The summed E-state index contributed by atoms with van der Waals surface area (Å²) in [5, 5.41) is 0. The van der Waals surface area contributed by atoms with Crippen molar-refractivity contribution in [3.05, 3.63) is 24.1 Å². The molecular weight excluding hydrogens is 238 g/mol. The maximum Gasteiger partial charge on any atom is 0.209 e. The minimum atomic E-state index is 0.514. The second-order valence-corrected chi connectivity index (χ2v) is 5.73. The Morgan fingerprint density at radius 3 is 2.74 bits per heavy atom. The van der Waals surface area contributed by atoms with Gasteiger partial charge in [-0.15, -0.1) is 0 Å². The van der Waals surface area contributed by atoms with Crippen LogP contribution in [-0.4, -0.2) is 23.0 Å². The van der Waals surface area contributed by atoms with E-state index in [1.807, 2.05) is 18.2 Å². The van der Waals surface area contributed by atoms with Crippen LogP contribution in [0.5, 0.6) is 0 Å². The van der Waals surface area contributed by atoms with Crippen molar-refractivity contribution in [2.24, 2.45) is 5.92 Å². The zero-order valence-electron chi connectivity index (χ0n) is 12.2. The monoisotopic (exact) mass is 261 g/mol. The summed E-state index contributed by atoms with van der Waals surface area (Å²) in [6, 6.07) is 6.08. The summed E-state index contributed by atoms with van der Waals surface area (Å²) in [7, 11) is 2.11. The largest absolute Gasteiger partial charge is 0.439 e. The quantitative estimate of drug-likeness (QED) is 0.839. The van der Waals surface area contributed by atoms with Crippen LogP contribution in [0.15, 0.2) is 22.6 Å². The van der Waals surface area contributed by atoms with E-state index in [0.717, 1.165) is 23.5 Å². The molecule has 0 saturated heterocycles. The molecule has 1 atom stereocenters. The van der Waals surface area contributed by atoms with E-state index >= 15 is 0 Å². The van der Waals surface area contributed by atoms with Crippen LogP contribution < -0.4 is 5.73 Å². The summed E-state index contributed by atoms with van der Waals surface area (Å²) < 4.78 is 5.74. The fraction of sp³-hybridized carbons (Fsp3) is 0.533. The topological polar surface area (TPSA) is 55.3 Å². The molecule has 0 spiro atoms. The van der Waals surface area contributed by atoms with Gasteiger partial charge in [0.05, 0.1) is 6.54 Å². The fourth-order valence-corrected chi connectivity index (χ4v) is 2.29. The maximum atomic E-state index is 5.74. The average molecular weight is 261 g/mol. The number of rotatable bonds is 5. The molecule has 0 aliphatic heterocycles. The minimum Gasteiger partial charge on any atom is -0.439 e. The van der Waals surface area contributed by atoms with Crippen molar-refractivity contribution in [3.63, 3.8) is 0 Å². The average Bonchev–Trinajstić information content (AvgIpc) is 2.69. The van der Waals surface area contributed by atoms with E-state index in [0.29, 0.717) is 17.6 Å². The molecule has 2 aromatic rings. The second-order valence-electron chi connectivity index (χ2n) is 5.73. The van der Waals surface area contributed by atoms with E-state index in [4.69, 9.17) is 10.2 Å². The molecule has 1 unspecified atom stereocenters. The molecule has 104 valence electrons. The third-order valence-electron chi connectivity index (χ3n) is 3.41.